The number of nitrogens with one attached hydrogen (secondary N) is 1. The zero-order valence-electron chi connectivity index (χ0n) is 8.40. The molecule has 0 bridgehead atoms. The lowest BCUT2D eigenvalue weighted by molar-refractivity contribution is 0.483. The molecule has 14 heavy (non-hydrogen) atoms. The van der Waals surface area contributed by atoms with Gasteiger partial charge in [0, 0.05) is 17.5 Å². The van der Waals surface area contributed by atoms with Crippen LogP contribution in [0.2, 0.25) is 0 Å². The van der Waals surface area contributed by atoms with Gasteiger partial charge in [0.15, 0.2) is 0 Å². The molecule has 0 aromatic carbocycles. The van der Waals surface area contributed by atoms with Gasteiger partial charge in [-0.2, -0.15) is 11.8 Å². The molecule has 0 radical (unpaired) electrons. The fraction of sp³-hybridized carbons (Fsp3) is 1.00. The number of hydrogen-bond donors (Lipinski definition) is 2. The van der Waals surface area contributed by atoms with Gasteiger partial charge in [-0.1, -0.05) is 0 Å². The number of rotatable bonds is 5. The molecule has 0 aromatic heterocycles. The van der Waals surface area contributed by atoms with Crippen molar-refractivity contribution in [3.05, 3.63) is 0 Å². The van der Waals surface area contributed by atoms with Crippen molar-refractivity contribution in [3.63, 3.8) is 0 Å². The van der Waals surface area contributed by atoms with Crippen LogP contribution in [0.15, 0.2) is 0 Å². The van der Waals surface area contributed by atoms with Crippen molar-refractivity contribution in [2.45, 2.75) is 30.6 Å². The van der Waals surface area contributed by atoms with Gasteiger partial charge in [-0.15, -0.1) is 0 Å². The summed E-state index contributed by atoms with van der Waals surface area (Å²) >= 11 is 1.89. The molecule has 0 aliphatic carbocycles. The van der Waals surface area contributed by atoms with Crippen LogP contribution in [0, 0.1) is 0 Å². The molecule has 3 N–H and O–H groups in total. The molecule has 0 saturated carbocycles. The highest BCUT2D eigenvalue weighted by molar-refractivity contribution is 8.00. The van der Waals surface area contributed by atoms with Gasteiger partial charge in [0.2, 0.25) is 0 Å². The molecule has 1 saturated heterocycles. The summed E-state index contributed by atoms with van der Waals surface area (Å²) in [5.74, 6) is 6.81. The predicted octanol–water partition coefficient (Wildman–Crippen LogP) is 0.149. The minimum atomic E-state index is -2.86. The molecule has 1 fully saturated rings. The number of sulfone groups is 1. The number of hydrogen-bond acceptors (Lipinski definition) is 5. The molecule has 2 unspecified atom stereocenters. The van der Waals surface area contributed by atoms with E-state index < -0.39 is 9.84 Å². The van der Waals surface area contributed by atoms with Crippen LogP contribution in [-0.4, -0.2) is 37.5 Å². The Morgan fingerprint density at radius 1 is 1.64 bits per heavy atom. The van der Waals surface area contributed by atoms with E-state index in [1.165, 1.54) is 18.4 Å². The third-order valence-corrected chi connectivity index (χ3v) is 4.92. The van der Waals surface area contributed by atoms with Crippen LogP contribution in [0.3, 0.4) is 0 Å². The van der Waals surface area contributed by atoms with Crippen LogP contribution in [0.25, 0.3) is 0 Å². The van der Waals surface area contributed by atoms with Gasteiger partial charge in [0.05, 0.1) is 5.75 Å². The average molecular weight is 238 g/mol. The molecule has 84 valence electrons. The second kappa shape index (κ2) is 5.34. The zero-order valence-corrected chi connectivity index (χ0v) is 10.0. The van der Waals surface area contributed by atoms with Crippen molar-refractivity contribution < 1.29 is 8.42 Å². The summed E-state index contributed by atoms with van der Waals surface area (Å²) < 4.78 is 22.0. The first-order chi connectivity index (χ1) is 6.53. The second-order valence-electron chi connectivity index (χ2n) is 3.74. The number of nitrogens with two attached hydrogens (primary N) is 1. The maximum atomic E-state index is 11.0. The summed E-state index contributed by atoms with van der Waals surface area (Å²) in [6.45, 7) is 0. The molecule has 1 aliphatic heterocycles. The SMILES string of the molecule is CS(=O)(=O)CCC(NN)C1CCCS1. The van der Waals surface area contributed by atoms with Gasteiger partial charge >= 0.3 is 0 Å². The highest BCUT2D eigenvalue weighted by atomic mass is 32.2. The van der Waals surface area contributed by atoms with E-state index in [1.807, 2.05) is 11.8 Å². The lowest BCUT2D eigenvalue weighted by Crippen LogP contribution is -2.42. The molecule has 1 aliphatic rings. The van der Waals surface area contributed by atoms with E-state index in [9.17, 15) is 8.42 Å². The summed E-state index contributed by atoms with van der Waals surface area (Å²) in [6.07, 6.45) is 4.24. The average Bonchev–Trinajstić information content (AvgIpc) is 2.56. The molecule has 1 heterocycles. The number of hydrazine groups is 1. The first kappa shape index (κ1) is 12.3. The van der Waals surface area contributed by atoms with Crippen LogP contribution in [0.5, 0.6) is 0 Å². The third-order valence-electron chi connectivity index (χ3n) is 2.43. The Morgan fingerprint density at radius 2 is 2.36 bits per heavy atom. The van der Waals surface area contributed by atoms with E-state index in [-0.39, 0.29) is 11.8 Å². The molecular formula is C8H18N2O2S2. The lowest BCUT2D eigenvalue weighted by atomic mass is 10.1. The first-order valence-corrected chi connectivity index (χ1v) is 7.89. The fourth-order valence-corrected chi connectivity index (χ4v) is 3.74. The summed E-state index contributed by atoms with van der Waals surface area (Å²) in [4.78, 5) is 0. The van der Waals surface area contributed by atoms with E-state index in [0.717, 1.165) is 6.42 Å². The maximum Gasteiger partial charge on any atom is 0.147 e. The van der Waals surface area contributed by atoms with Crippen molar-refractivity contribution >= 4 is 21.6 Å². The van der Waals surface area contributed by atoms with Gasteiger partial charge in [-0.3, -0.25) is 11.3 Å². The minimum absolute atomic E-state index is 0.136. The van der Waals surface area contributed by atoms with Gasteiger partial charge in [-0.25, -0.2) is 8.42 Å². The largest absolute Gasteiger partial charge is 0.271 e. The topological polar surface area (TPSA) is 72.2 Å². The summed E-state index contributed by atoms with van der Waals surface area (Å²) in [5, 5.41) is 0.488. The van der Waals surface area contributed by atoms with Crippen LogP contribution < -0.4 is 11.3 Å². The first-order valence-electron chi connectivity index (χ1n) is 4.78. The summed E-state index contributed by atoms with van der Waals surface area (Å²) in [7, 11) is -2.86. The van der Waals surface area contributed by atoms with Crippen molar-refractivity contribution in [1.82, 2.24) is 5.43 Å². The maximum absolute atomic E-state index is 11.0. The van der Waals surface area contributed by atoms with Crippen LogP contribution >= 0.6 is 11.8 Å². The van der Waals surface area contributed by atoms with E-state index in [1.54, 1.807) is 0 Å². The third kappa shape index (κ3) is 4.16. The molecule has 0 spiro atoms. The second-order valence-corrected chi connectivity index (χ2v) is 7.35. The van der Waals surface area contributed by atoms with Crippen molar-refractivity contribution in [1.29, 1.82) is 0 Å². The van der Waals surface area contributed by atoms with E-state index >= 15 is 0 Å². The Balaban J connectivity index is 2.38. The molecule has 2 atom stereocenters. The molecule has 4 nitrogen and oxygen atoms in total. The molecule has 1 rings (SSSR count). The Bertz CT molecular complexity index is 261. The van der Waals surface area contributed by atoms with Crippen molar-refractivity contribution in [3.8, 4) is 0 Å². The highest BCUT2D eigenvalue weighted by Gasteiger charge is 2.25. The normalized spacial score (nSPS) is 25.1. The lowest BCUT2D eigenvalue weighted by Gasteiger charge is -2.21. The van der Waals surface area contributed by atoms with E-state index in [2.05, 4.69) is 5.43 Å². The Labute approximate surface area is 89.9 Å². The Kier molecular flexibility index (Phi) is 4.69. The molecule has 0 amide bonds. The molecular weight excluding hydrogens is 220 g/mol. The Morgan fingerprint density at radius 3 is 2.79 bits per heavy atom. The highest BCUT2D eigenvalue weighted by Crippen LogP contribution is 2.29. The summed E-state index contributed by atoms with van der Waals surface area (Å²) in [6, 6.07) is 0.136. The van der Waals surface area contributed by atoms with Gasteiger partial charge < -0.3 is 0 Å². The smallest absolute Gasteiger partial charge is 0.147 e. The zero-order chi connectivity index (χ0) is 10.6. The van der Waals surface area contributed by atoms with Crippen LogP contribution in [0.1, 0.15) is 19.3 Å². The molecule has 6 heteroatoms. The minimum Gasteiger partial charge on any atom is -0.271 e. The Hall–Kier alpha value is 0.220. The standard InChI is InChI=1S/C8H18N2O2S2/c1-14(11,12)6-4-7(10-9)8-3-2-5-13-8/h7-8,10H,2-6,9H2,1H3. The van der Waals surface area contributed by atoms with Gasteiger partial charge in [0.25, 0.3) is 0 Å². The van der Waals surface area contributed by atoms with Gasteiger partial charge in [-0.05, 0) is 25.0 Å². The van der Waals surface area contributed by atoms with Crippen molar-refractivity contribution in [2.24, 2.45) is 5.84 Å². The van der Waals surface area contributed by atoms with Crippen molar-refractivity contribution in [2.75, 3.05) is 17.8 Å². The quantitative estimate of drug-likeness (QED) is 0.527. The van der Waals surface area contributed by atoms with Gasteiger partial charge in [0.1, 0.15) is 9.84 Å². The van der Waals surface area contributed by atoms with E-state index in [4.69, 9.17) is 5.84 Å². The van der Waals surface area contributed by atoms with E-state index in [0.29, 0.717) is 11.7 Å². The van der Waals surface area contributed by atoms with Crippen LogP contribution in [-0.2, 0) is 9.84 Å². The summed E-state index contributed by atoms with van der Waals surface area (Å²) in [5.41, 5.74) is 2.73. The number of thioether (sulfide) groups is 1. The fourth-order valence-electron chi connectivity index (χ4n) is 1.64. The van der Waals surface area contributed by atoms with Crippen LogP contribution in [0.4, 0.5) is 0 Å². The predicted molar refractivity (Wildman–Crippen MR) is 60.9 cm³/mol. The molecule has 0 aromatic rings. The monoisotopic (exact) mass is 238 g/mol.